The van der Waals surface area contributed by atoms with Gasteiger partial charge in [0.1, 0.15) is 6.54 Å². The molecule has 1 aliphatic rings. The molecule has 0 spiro atoms. The van der Waals surface area contributed by atoms with E-state index in [1.165, 1.54) is 43.7 Å². The lowest BCUT2D eigenvalue weighted by Gasteiger charge is -2.25. The minimum Gasteiger partial charge on any atom is -0.347 e. The summed E-state index contributed by atoms with van der Waals surface area (Å²) in [7, 11) is 0. The summed E-state index contributed by atoms with van der Waals surface area (Å²) in [5.41, 5.74) is 3.33. The molecule has 1 fully saturated rings. The predicted octanol–water partition coefficient (Wildman–Crippen LogP) is 5.56. The van der Waals surface area contributed by atoms with Gasteiger partial charge in [0.15, 0.2) is 5.43 Å². The molecule has 0 radical (unpaired) electrons. The van der Waals surface area contributed by atoms with Gasteiger partial charge < -0.3 is 9.88 Å². The van der Waals surface area contributed by atoms with Crippen molar-refractivity contribution in [2.75, 3.05) is 0 Å². The van der Waals surface area contributed by atoms with Gasteiger partial charge in [0, 0.05) is 17.6 Å². The molecule has 0 saturated heterocycles. The Morgan fingerprint density at radius 3 is 2.42 bits per heavy atom. The third kappa shape index (κ3) is 4.90. The van der Waals surface area contributed by atoms with E-state index in [1.807, 2.05) is 22.8 Å². The third-order valence-corrected chi connectivity index (χ3v) is 6.55. The van der Waals surface area contributed by atoms with Crippen LogP contribution in [0.4, 0.5) is 0 Å². The van der Waals surface area contributed by atoms with Gasteiger partial charge in [-0.3, -0.25) is 9.59 Å². The fourth-order valence-electron chi connectivity index (χ4n) is 4.82. The number of carbonyl (C=O) groups excluding carboxylic acids is 1. The highest BCUT2D eigenvalue weighted by Crippen LogP contribution is 2.33. The van der Waals surface area contributed by atoms with Crippen LogP contribution >= 0.6 is 0 Å². The van der Waals surface area contributed by atoms with Gasteiger partial charge in [-0.25, -0.2) is 0 Å². The summed E-state index contributed by atoms with van der Waals surface area (Å²) in [4.78, 5) is 25.0. The molecular weight excluding hydrogens is 384 g/mol. The van der Waals surface area contributed by atoms with Crippen LogP contribution in [0.2, 0.25) is 0 Å². The zero-order chi connectivity index (χ0) is 21.8. The Kier molecular flexibility index (Phi) is 6.55. The molecule has 4 nitrogen and oxygen atoms in total. The van der Waals surface area contributed by atoms with Crippen molar-refractivity contribution in [3.63, 3.8) is 0 Å². The first kappa shape index (κ1) is 21.4. The molecule has 2 aromatic carbocycles. The maximum Gasteiger partial charge on any atom is 0.240 e. The number of pyridine rings is 1. The number of para-hydroxylation sites is 1. The van der Waals surface area contributed by atoms with Crippen molar-refractivity contribution in [1.29, 1.82) is 0 Å². The second-order valence-corrected chi connectivity index (χ2v) is 9.12. The SMILES string of the molecule is CC(C)[C@@H](NC(=O)Cn1ccc(=O)c2ccccc21)c1ccc(C2CCCCC2)cc1. The van der Waals surface area contributed by atoms with Gasteiger partial charge in [0.05, 0.1) is 11.6 Å². The summed E-state index contributed by atoms with van der Waals surface area (Å²) in [6, 6.07) is 17.8. The van der Waals surface area contributed by atoms with Crippen LogP contribution in [0.5, 0.6) is 0 Å². The molecule has 31 heavy (non-hydrogen) atoms. The van der Waals surface area contributed by atoms with Crippen LogP contribution in [0.3, 0.4) is 0 Å². The first-order chi connectivity index (χ1) is 15.0. The Labute approximate surface area is 184 Å². The Morgan fingerprint density at radius 2 is 1.71 bits per heavy atom. The van der Waals surface area contributed by atoms with Crippen LogP contribution in [-0.4, -0.2) is 10.5 Å². The van der Waals surface area contributed by atoms with Crippen LogP contribution in [-0.2, 0) is 11.3 Å². The lowest BCUT2D eigenvalue weighted by molar-refractivity contribution is -0.122. The number of aromatic nitrogens is 1. The number of carbonyl (C=O) groups is 1. The molecule has 1 atom stereocenters. The van der Waals surface area contributed by atoms with Crippen molar-refractivity contribution in [1.82, 2.24) is 9.88 Å². The van der Waals surface area contributed by atoms with Gasteiger partial charge in [-0.15, -0.1) is 0 Å². The summed E-state index contributed by atoms with van der Waals surface area (Å²) in [6.45, 7) is 4.45. The van der Waals surface area contributed by atoms with Gasteiger partial charge in [0.25, 0.3) is 0 Å². The summed E-state index contributed by atoms with van der Waals surface area (Å²) in [6.07, 6.45) is 8.30. The number of amides is 1. The largest absolute Gasteiger partial charge is 0.347 e. The van der Waals surface area contributed by atoms with Gasteiger partial charge >= 0.3 is 0 Å². The van der Waals surface area contributed by atoms with E-state index in [1.54, 1.807) is 12.3 Å². The fraction of sp³-hybridized carbons (Fsp3) is 0.407. The van der Waals surface area contributed by atoms with Crippen LogP contribution < -0.4 is 10.7 Å². The number of hydrogen-bond acceptors (Lipinski definition) is 2. The zero-order valence-corrected chi connectivity index (χ0v) is 18.5. The topological polar surface area (TPSA) is 51.1 Å². The predicted molar refractivity (Wildman–Crippen MR) is 126 cm³/mol. The van der Waals surface area contributed by atoms with Gasteiger partial charge in [-0.05, 0) is 47.9 Å². The Bertz CT molecular complexity index is 1090. The van der Waals surface area contributed by atoms with Crippen molar-refractivity contribution < 1.29 is 4.79 Å². The number of hydrogen-bond donors (Lipinski definition) is 1. The van der Waals surface area contributed by atoms with Gasteiger partial charge in [0.2, 0.25) is 5.91 Å². The number of nitrogens with one attached hydrogen (secondary N) is 1. The van der Waals surface area contributed by atoms with Gasteiger partial charge in [-0.2, -0.15) is 0 Å². The summed E-state index contributed by atoms with van der Waals surface area (Å²) in [5, 5.41) is 3.86. The zero-order valence-electron chi connectivity index (χ0n) is 18.5. The van der Waals surface area contributed by atoms with E-state index in [0.29, 0.717) is 11.3 Å². The van der Waals surface area contributed by atoms with Crippen molar-refractivity contribution >= 4 is 16.8 Å². The minimum absolute atomic E-state index is 0.0228. The molecular formula is C27H32N2O2. The normalized spacial score (nSPS) is 15.8. The van der Waals surface area contributed by atoms with Gasteiger partial charge in [-0.1, -0.05) is 69.5 Å². The van der Waals surface area contributed by atoms with E-state index in [2.05, 4.69) is 43.4 Å². The molecule has 3 aromatic rings. The monoisotopic (exact) mass is 416 g/mol. The molecule has 4 heteroatoms. The molecule has 1 amide bonds. The maximum absolute atomic E-state index is 12.9. The van der Waals surface area contributed by atoms with E-state index in [0.717, 1.165) is 11.1 Å². The molecule has 162 valence electrons. The average molecular weight is 417 g/mol. The summed E-state index contributed by atoms with van der Waals surface area (Å²) in [5.74, 6) is 0.905. The number of rotatable bonds is 6. The molecule has 1 heterocycles. The van der Waals surface area contributed by atoms with Crippen molar-refractivity contribution in [2.45, 2.75) is 64.5 Å². The smallest absolute Gasteiger partial charge is 0.240 e. The average Bonchev–Trinajstić information content (AvgIpc) is 2.80. The second kappa shape index (κ2) is 9.51. The van der Waals surface area contributed by atoms with Crippen LogP contribution in [0.15, 0.2) is 65.6 Å². The van der Waals surface area contributed by atoms with Crippen LogP contribution in [0.25, 0.3) is 10.9 Å². The van der Waals surface area contributed by atoms with E-state index >= 15 is 0 Å². The lowest BCUT2D eigenvalue weighted by Crippen LogP contribution is -2.34. The standard InChI is InChI=1S/C27H32N2O2/c1-19(2)27(22-14-12-21(13-15-22)20-8-4-3-5-9-20)28-26(31)18-29-17-16-25(30)23-10-6-7-11-24(23)29/h6-7,10-17,19-20,27H,3-5,8-9,18H2,1-2H3,(H,28,31)/t27-/m1/s1. The minimum atomic E-state index is -0.0520. The highest BCUT2D eigenvalue weighted by Gasteiger charge is 2.20. The Morgan fingerprint density at radius 1 is 1.00 bits per heavy atom. The quantitative estimate of drug-likeness (QED) is 0.572. The van der Waals surface area contributed by atoms with Crippen molar-refractivity contribution in [3.05, 3.63) is 82.1 Å². The molecule has 1 aromatic heterocycles. The summed E-state index contributed by atoms with van der Waals surface area (Å²) < 4.78 is 1.84. The Balaban J connectivity index is 1.49. The highest BCUT2D eigenvalue weighted by atomic mass is 16.2. The van der Waals surface area contributed by atoms with Crippen LogP contribution in [0, 0.1) is 5.92 Å². The first-order valence-electron chi connectivity index (χ1n) is 11.5. The maximum atomic E-state index is 12.9. The number of fused-ring (bicyclic) bond motifs is 1. The van der Waals surface area contributed by atoms with Crippen LogP contribution in [0.1, 0.15) is 69.0 Å². The number of benzene rings is 2. The third-order valence-electron chi connectivity index (χ3n) is 6.55. The van der Waals surface area contributed by atoms with E-state index in [-0.39, 0.29) is 29.8 Å². The fourth-order valence-corrected chi connectivity index (χ4v) is 4.82. The molecule has 1 saturated carbocycles. The molecule has 0 unspecified atom stereocenters. The Hall–Kier alpha value is -2.88. The molecule has 1 aliphatic carbocycles. The van der Waals surface area contributed by atoms with Crippen molar-refractivity contribution in [3.8, 4) is 0 Å². The van der Waals surface area contributed by atoms with Crippen molar-refractivity contribution in [2.24, 2.45) is 5.92 Å². The first-order valence-corrected chi connectivity index (χ1v) is 11.5. The number of nitrogens with zero attached hydrogens (tertiary/aromatic N) is 1. The molecule has 0 aliphatic heterocycles. The highest BCUT2D eigenvalue weighted by molar-refractivity contribution is 5.82. The molecule has 0 bridgehead atoms. The second-order valence-electron chi connectivity index (χ2n) is 9.12. The summed E-state index contributed by atoms with van der Waals surface area (Å²) >= 11 is 0. The molecule has 4 rings (SSSR count). The lowest BCUT2D eigenvalue weighted by atomic mass is 9.83. The van der Waals surface area contributed by atoms with E-state index in [4.69, 9.17) is 0 Å². The molecule has 1 N–H and O–H groups in total. The van der Waals surface area contributed by atoms with E-state index < -0.39 is 0 Å². The van der Waals surface area contributed by atoms with E-state index in [9.17, 15) is 9.59 Å².